The molecule has 0 saturated carbocycles. The van der Waals surface area contributed by atoms with Crippen LogP contribution in [0.15, 0.2) is 34.6 Å². The Morgan fingerprint density at radius 2 is 1.37 bits per heavy atom. The number of aromatic nitrogens is 1. The Kier molecular flexibility index (Phi) is 6.93. The predicted octanol–water partition coefficient (Wildman–Crippen LogP) is 1.31. The molecule has 0 aliphatic carbocycles. The lowest BCUT2D eigenvalue weighted by Crippen LogP contribution is -2.38. The fraction of sp³-hybridized carbons (Fsp3) is 0.192. The van der Waals surface area contributed by atoms with Crippen molar-refractivity contribution in [3.63, 3.8) is 0 Å². The predicted molar refractivity (Wildman–Crippen MR) is 139 cm³/mol. The number of methoxy groups -OCH3 is 4. The molecule has 38 heavy (non-hydrogen) atoms. The largest absolute Gasteiger partial charge is 0.502 e. The van der Waals surface area contributed by atoms with Crippen molar-refractivity contribution in [2.75, 3.05) is 28.4 Å². The van der Waals surface area contributed by atoms with Crippen molar-refractivity contribution < 1.29 is 29.2 Å². The van der Waals surface area contributed by atoms with E-state index in [2.05, 4.69) is 6.07 Å². The van der Waals surface area contributed by atoms with E-state index in [1.54, 1.807) is 6.08 Å². The molecule has 2 heterocycles. The third kappa shape index (κ3) is 4.03. The maximum atomic E-state index is 13.4. The molecule has 0 radical (unpaired) electrons. The van der Waals surface area contributed by atoms with Gasteiger partial charge in [0, 0.05) is 0 Å². The Bertz CT molecular complexity index is 1710. The van der Waals surface area contributed by atoms with Gasteiger partial charge in [-0.15, -0.1) is 11.3 Å². The maximum Gasteiger partial charge on any atom is 0.274 e. The van der Waals surface area contributed by atoms with Crippen molar-refractivity contribution in [3.05, 3.63) is 60.5 Å². The van der Waals surface area contributed by atoms with E-state index in [9.17, 15) is 25.5 Å². The number of phenolic OH excluding ortho intramolecular Hbond substituents is 2. The summed E-state index contributed by atoms with van der Waals surface area (Å²) >= 11 is 1.01. The smallest absolute Gasteiger partial charge is 0.274 e. The van der Waals surface area contributed by atoms with Crippen molar-refractivity contribution in [2.24, 2.45) is 5.73 Å². The number of allylic oxidation sites excluding steroid dienone is 1. The van der Waals surface area contributed by atoms with Crippen LogP contribution in [0.25, 0.3) is 17.5 Å². The minimum atomic E-state index is -0.951. The third-order valence-electron chi connectivity index (χ3n) is 6.02. The molecule has 2 aromatic carbocycles. The van der Waals surface area contributed by atoms with Gasteiger partial charge in [0.2, 0.25) is 11.5 Å². The lowest BCUT2D eigenvalue weighted by Gasteiger charge is -2.23. The summed E-state index contributed by atoms with van der Waals surface area (Å²) < 4.78 is 22.4. The van der Waals surface area contributed by atoms with Gasteiger partial charge in [-0.3, -0.25) is 9.36 Å². The molecule has 3 aromatic rings. The highest BCUT2D eigenvalue weighted by atomic mass is 32.1. The number of phenols is 2. The number of ether oxygens (including phenoxy) is 4. The second-order valence-corrected chi connectivity index (χ2v) is 9.00. The minimum Gasteiger partial charge on any atom is -0.502 e. The van der Waals surface area contributed by atoms with Gasteiger partial charge in [0.1, 0.15) is 10.5 Å². The summed E-state index contributed by atoms with van der Waals surface area (Å²) in [7, 11) is 5.48. The van der Waals surface area contributed by atoms with Crippen molar-refractivity contribution >= 4 is 28.8 Å². The van der Waals surface area contributed by atoms with E-state index in [-0.39, 0.29) is 60.7 Å². The average molecular weight is 535 g/mol. The first-order valence-electron chi connectivity index (χ1n) is 10.9. The molecule has 194 valence electrons. The van der Waals surface area contributed by atoms with Crippen LogP contribution in [0.1, 0.15) is 17.0 Å². The van der Waals surface area contributed by atoms with Crippen LogP contribution in [0, 0.1) is 22.7 Å². The first kappa shape index (κ1) is 26.0. The fourth-order valence-corrected chi connectivity index (χ4v) is 5.34. The van der Waals surface area contributed by atoms with Gasteiger partial charge >= 0.3 is 0 Å². The van der Waals surface area contributed by atoms with Crippen LogP contribution >= 0.6 is 11.3 Å². The molecule has 4 N–H and O–H groups in total. The second kappa shape index (κ2) is 10.1. The van der Waals surface area contributed by atoms with Gasteiger partial charge in [-0.1, -0.05) is 0 Å². The van der Waals surface area contributed by atoms with Crippen LogP contribution in [-0.4, -0.2) is 43.2 Å². The Morgan fingerprint density at radius 1 is 0.895 bits per heavy atom. The highest BCUT2D eigenvalue weighted by Crippen LogP contribution is 2.44. The average Bonchev–Trinajstić information content (AvgIpc) is 3.25. The van der Waals surface area contributed by atoms with Crippen LogP contribution in [-0.2, 0) is 0 Å². The number of thiazole rings is 1. The van der Waals surface area contributed by atoms with Gasteiger partial charge in [-0.05, 0) is 41.5 Å². The molecule has 1 aliphatic heterocycles. The number of nitriles is 2. The number of fused-ring (bicyclic) bond motifs is 1. The number of nitrogens with two attached hydrogens (primary N) is 1. The molecule has 1 aliphatic rings. The zero-order chi connectivity index (χ0) is 27.7. The monoisotopic (exact) mass is 534 g/mol. The number of aromatic hydroxyl groups is 2. The summed E-state index contributed by atoms with van der Waals surface area (Å²) in [6.07, 6.45) is 1.54. The molecule has 0 unspecified atom stereocenters. The topological polar surface area (TPSA) is 173 Å². The lowest BCUT2D eigenvalue weighted by molar-refractivity contribution is 0.339. The molecule has 1 aromatic heterocycles. The van der Waals surface area contributed by atoms with E-state index in [1.165, 1.54) is 52.7 Å². The highest BCUT2D eigenvalue weighted by molar-refractivity contribution is 7.07. The summed E-state index contributed by atoms with van der Waals surface area (Å²) in [5.74, 6) is -1.08. The summed E-state index contributed by atoms with van der Waals surface area (Å²) in [4.78, 5) is 13.4. The Balaban J connectivity index is 2.05. The van der Waals surface area contributed by atoms with Gasteiger partial charge in [-0.25, -0.2) is 0 Å². The summed E-state index contributed by atoms with van der Waals surface area (Å²) in [6, 6.07) is 10.2. The van der Waals surface area contributed by atoms with E-state index in [4.69, 9.17) is 24.7 Å². The molecule has 0 saturated heterocycles. The molecule has 11 nitrogen and oxygen atoms in total. The van der Waals surface area contributed by atoms with Crippen LogP contribution < -0.4 is 39.4 Å². The van der Waals surface area contributed by atoms with Crippen LogP contribution in [0.3, 0.4) is 0 Å². The Morgan fingerprint density at radius 3 is 1.82 bits per heavy atom. The van der Waals surface area contributed by atoms with Gasteiger partial charge < -0.3 is 34.9 Å². The molecule has 0 bridgehead atoms. The molecule has 0 amide bonds. The van der Waals surface area contributed by atoms with E-state index >= 15 is 0 Å². The molecular formula is C26H22N4O7S. The van der Waals surface area contributed by atoms with Gasteiger partial charge in [0.05, 0.1) is 62.2 Å². The number of nitrogens with zero attached hydrogens (tertiary/aromatic N) is 3. The quantitative estimate of drug-likeness (QED) is 0.418. The number of rotatable bonds is 6. The molecule has 0 spiro atoms. The minimum absolute atomic E-state index is 0.0248. The standard InChI is InChI=1S/C26H22N4O7S/c1-34-16-5-12(6-17(35-2)22(16)31)7-20-25(33)30-24(29)14(10-27)21(15(11-28)26(30)38-20)13-8-18(36-3)23(32)19(9-13)37-4/h5-9,21,31-32H,29H2,1-4H3/b20-7-/t21-/m0/s1. The second-order valence-electron chi connectivity index (χ2n) is 7.97. The first-order chi connectivity index (χ1) is 18.2. The van der Waals surface area contributed by atoms with Crippen LogP contribution in [0.5, 0.6) is 34.5 Å². The maximum absolute atomic E-state index is 13.4. The van der Waals surface area contributed by atoms with E-state index in [1.807, 2.05) is 6.07 Å². The summed E-state index contributed by atoms with van der Waals surface area (Å²) in [6.45, 7) is 0. The molecule has 12 heteroatoms. The molecule has 4 rings (SSSR count). The van der Waals surface area contributed by atoms with Crippen molar-refractivity contribution in [1.29, 1.82) is 10.5 Å². The SMILES string of the molecule is COc1cc(/C=c2\sc3n(c2=O)C(N)=C(C#N)[C@H](c2cc(OC)c(O)c(OC)c2)C=3C#N)cc(OC)c1O. The van der Waals surface area contributed by atoms with Gasteiger partial charge in [0.25, 0.3) is 5.56 Å². The van der Waals surface area contributed by atoms with E-state index < -0.39 is 11.5 Å². The zero-order valence-electron chi connectivity index (χ0n) is 20.7. The fourth-order valence-electron chi connectivity index (χ4n) is 4.21. The van der Waals surface area contributed by atoms with E-state index in [0.29, 0.717) is 11.1 Å². The molecule has 1 atom stereocenters. The first-order valence-corrected chi connectivity index (χ1v) is 11.7. The summed E-state index contributed by atoms with van der Waals surface area (Å²) in [5.41, 5.74) is 6.77. The van der Waals surface area contributed by atoms with Gasteiger partial charge in [-0.2, -0.15) is 10.5 Å². The van der Waals surface area contributed by atoms with E-state index in [0.717, 1.165) is 15.9 Å². The van der Waals surface area contributed by atoms with Crippen molar-refractivity contribution in [1.82, 2.24) is 4.57 Å². The molecular weight excluding hydrogens is 512 g/mol. The molecule has 0 fully saturated rings. The van der Waals surface area contributed by atoms with Crippen LogP contribution in [0.2, 0.25) is 0 Å². The zero-order valence-corrected chi connectivity index (χ0v) is 21.5. The third-order valence-corrected chi connectivity index (χ3v) is 7.13. The summed E-state index contributed by atoms with van der Waals surface area (Å²) in [5, 5.41) is 40.7. The number of hydrogen-bond donors (Lipinski definition) is 3. The Labute approximate surface area is 220 Å². The number of benzene rings is 2. The highest BCUT2D eigenvalue weighted by Gasteiger charge is 2.33. The van der Waals surface area contributed by atoms with Crippen molar-refractivity contribution in [3.8, 4) is 46.6 Å². The Hall–Kier alpha value is -5.07. The lowest BCUT2D eigenvalue weighted by atomic mass is 9.84. The van der Waals surface area contributed by atoms with Gasteiger partial charge in [0.15, 0.2) is 23.0 Å². The number of hydrogen-bond acceptors (Lipinski definition) is 11. The van der Waals surface area contributed by atoms with Crippen molar-refractivity contribution in [2.45, 2.75) is 5.92 Å². The normalized spacial score (nSPS) is 14.9. The van der Waals surface area contributed by atoms with Crippen LogP contribution in [0.4, 0.5) is 0 Å².